The molecule has 1 heterocycles. The third-order valence-corrected chi connectivity index (χ3v) is 4.83. The summed E-state index contributed by atoms with van der Waals surface area (Å²) < 4.78 is 13.4. The molecule has 2 amide bonds. The Kier molecular flexibility index (Phi) is 4.89. The number of amides is 2. The van der Waals surface area contributed by atoms with Gasteiger partial charge >= 0.3 is 0 Å². The summed E-state index contributed by atoms with van der Waals surface area (Å²) in [5.41, 5.74) is 3.16. The molecule has 1 fully saturated rings. The molecule has 0 aromatic heterocycles. The Morgan fingerprint density at radius 1 is 0.929 bits per heavy atom. The molecule has 1 N–H and O–H groups in total. The minimum absolute atomic E-state index is 0.129. The van der Waals surface area contributed by atoms with Gasteiger partial charge in [0.05, 0.1) is 6.04 Å². The zero-order chi connectivity index (χ0) is 19.5. The summed E-state index contributed by atoms with van der Waals surface area (Å²) in [6.07, 6.45) is 0.199. The van der Waals surface area contributed by atoms with Crippen LogP contribution in [0.4, 0.5) is 10.1 Å². The van der Waals surface area contributed by atoms with Crippen LogP contribution in [0.25, 0.3) is 11.1 Å². The standard InChI is InChI=1S/C23H19FN2O2/c24-19-7-4-8-21(13-19)26-15-20(14-22(26)27)25-23(28)18-11-9-17(10-12-18)16-5-2-1-3-6-16/h1-13,20H,14-15H2,(H,25,28)/t20-/m0/s1. The Bertz CT molecular complexity index is 1000. The van der Waals surface area contributed by atoms with Gasteiger partial charge in [-0.3, -0.25) is 9.59 Å². The van der Waals surface area contributed by atoms with Gasteiger partial charge in [0.15, 0.2) is 0 Å². The molecule has 0 radical (unpaired) electrons. The molecule has 0 aliphatic carbocycles. The number of carbonyl (C=O) groups is 2. The highest BCUT2D eigenvalue weighted by Crippen LogP contribution is 2.23. The fourth-order valence-electron chi connectivity index (χ4n) is 3.41. The minimum Gasteiger partial charge on any atom is -0.347 e. The van der Waals surface area contributed by atoms with Crippen molar-refractivity contribution in [2.24, 2.45) is 0 Å². The van der Waals surface area contributed by atoms with Crippen LogP contribution in [-0.4, -0.2) is 24.4 Å². The predicted molar refractivity (Wildman–Crippen MR) is 107 cm³/mol. The molecule has 5 heteroatoms. The fraction of sp³-hybridized carbons (Fsp3) is 0.130. The highest BCUT2D eigenvalue weighted by atomic mass is 19.1. The van der Waals surface area contributed by atoms with Crippen molar-refractivity contribution in [2.45, 2.75) is 12.5 Å². The molecular formula is C23H19FN2O2. The highest BCUT2D eigenvalue weighted by Gasteiger charge is 2.31. The average Bonchev–Trinajstić information content (AvgIpc) is 3.09. The van der Waals surface area contributed by atoms with E-state index in [1.807, 2.05) is 42.5 Å². The molecule has 3 aromatic carbocycles. The van der Waals surface area contributed by atoms with E-state index >= 15 is 0 Å². The van der Waals surface area contributed by atoms with Crippen molar-refractivity contribution in [3.05, 3.63) is 90.2 Å². The van der Waals surface area contributed by atoms with Crippen molar-refractivity contribution in [1.29, 1.82) is 0 Å². The summed E-state index contributed by atoms with van der Waals surface area (Å²) in [6, 6.07) is 22.9. The van der Waals surface area contributed by atoms with E-state index < -0.39 is 5.82 Å². The second-order valence-electron chi connectivity index (χ2n) is 6.80. The third kappa shape index (κ3) is 3.78. The van der Waals surface area contributed by atoms with E-state index in [0.29, 0.717) is 17.8 Å². The topological polar surface area (TPSA) is 49.4 Å². The molecule has 1 aliphatic heterocycles. The summed E-state index contributed by atoms with van der Waals surface area (Å²) >= 11 is 0. The fourth-order valence-corrected chi connectivity index (χ4v) is 3.41. The molecule has 140 valence electrons. The summed E-state index contributed by atoms with van der Waals surface area (Å²) in [6.45, 7) is 0.329. The number of anilines is 1. The lowest BCUT2D eigenvalue weighted by atomic mass is 10.0. The van der Waals surface area contributed by atoms with Gasteiger partial charge in [-0.2, -0.15) is 0 Å². The van der Waals surface area contributed by atoms with Crippen molar-refractivity contribution in [1.82, 2.24) is 5.32 Å². The second-order valence-corrected chi connectivity index (χ2v) is 6.80. The zero-order valence-electron chi connectivity index (χ0n) is 15.1. The average molecular weight is 374 g/mol. The first-order valence-electron chi connectivity index (χ1n) is 9.12. The number of hydrogen-bond donors (Lipinski definition) is 1. The molecule has 1 aliphatic rings. The summed E-state index contributed by atoms with van der Waals surface area (Å²) in [5.74, 6) is -0.745. The molecule has 0 bridgehead atoms. The van der Waals surface area contributed by atoms with Crippen LogP contribution >= 0.6 is 0 Å². The molecule has 0 unspecified atom stereocenters. The van der Waals surface area contributed by atoms with Gasteiger partial charge < -0.3 is 10.2 Å². The molecule has 1 saturated heterocycles. The van der Waals surface area contributed by atoms with E-state index in [4.69, 9.17) is 0 Å². The Morgan fingerprint density at radius 2 is 1.64 bits per heavy atom. The van der Waals surface area contributed by atoms with Crippen molar-refractivity contribution >= 4 is 17.5 Å². The van der Waals surface area contributed by atoms with Crippen LogP contribution < -0.4 is 10.2 Å². The Hall–Kier alpha value is -3.47. The van der Waals surface area contributed by atoms with E-state index in [9.17, 15) is 14.0 Å². The van der Waals surface area contributed by atoms with Gasteiger partial charge in [0.1, 0.15) is 5.82 Å². The minimum atomic E-state index is -0.392. The van der Waals surface area contributed by atoms with E-state index in [2.05, 4.69) is 5.32 Å². The number of hydrogen-bond acceptors (Lipinski definition) is 2. The largest absolute Gasteiger partial charge is 0.347 e. The quantitative estimate of drug-likeness (QED) is 0.750. The van der Waals surface area contributed by atoms with Crippen molar-refractivity contribution in [3.63, 3.8) is 0 Å². The maximum atomic E-state index is 13.4. The maximum Gasteiger partial charge on any atom is 0.251 e. The number of rotatable bonds is 4. The number of nitrogens with zero attached hydrogens (tertiary/aromatic N) is 1. The summed E-state index contributed by atoms with van der Waals surface area (Å²) in [4.78, 5) is 26.3. The van der Waals surface area contributed by atoms with Crippen LogP contribution in [0.15, 0.2) is 78.9 Å². The first-order valence-corrected chi connectivity index (χ1v) is 9.12. The van der Waals surface area contributed by atoms with Crippen molar-refractivity contribution in [2.75, 3.05) is 11.4 Å². The van der Waals surface area contributed by atoms with E-state index in [-0.39, 0.29) is 24.3 Å². The summed E-state index contributed by atoms with van der Waals surface area (Å²) in [5, 5.41) is 2.90. The Balaban J connectivity index is 1.42. The van der Waals surface area contributed by atoms with Gasteiger partial charge in [0, 0.05) is 24.2 Å². The highest BCUT2D eigenvalue weighted by molar-refractivity contribution is 5.99. The van der Waals surface area contributed by atoms with Gasteiger partial charge in [0.25, 0.3) is 5.91 Å². The lowest BCUT2D eigenvalue weighted by Crippen LogP contribution is -2.37. The second kappa shape index (κ2) is 7.64. The first-order chi connectivity index (χ1) is 13.6. The van der Waals surface area contributed by atoms with Crippen LogP contribution in [0.5, 0.6) is 0 Å². The van der Waals surface area contributed by atoms with Gasteiger partial charge in [-0.05, 0) is 41.5 Å². The Labute approximate surface area is 162 Å². The number of nitrogens with one attached hydrogen (secondary N) is 1. The van der Waals surface area contributed by atoms with Crippen LogP contribution in [-0.2, 0) is 4.79 Å². The van der Waals surface area contributed by atoms with E-state index in [1.165, 1.54) is 17.0 Å². The van der Waals surface area contributed by atoms with Crippen LogP contribution in [0.2, 0.25) is 0 Å². The molecule has 0 saturated carbocycles. The van der Waals surface area contributed by atoms with E-state index in [1.54, 1.807) is 24.3 Å². The van der Waals surface area contributed by atoms with Gasteiger partial charge in [-0.25, -0.2) is 4.39 Å². The van der Waals surface area contributed by atoms with Gasteiger partial charge in [0.2, 0.25) is 5.91 Å². The molecule has 4 nitrogen and oxygen atoms in total. The molecule has 1 atom stereocenters. The number of carbonyl (C=O) groups excluding carboxylic acids is 2. The van der Waals surface area contributed by atoms with Crippen LogP contribution in [0.1, 0.15) is 16.8 Å². The SMILES string of the molecule is O=C(N[C@H]1CC(=O)N(c2cccc(F)c2)C1)c1ccc(-c2ccccc2)cc1. The number of benzene rings is 3. The monoisotopic (exact) mass is 374 g/mol. The first kappa shape index (κ1) is 17.9. The number of halogens is 1. The van der Waals surface area contributed by atoms with Crippen LogP contribution in [0.3, 0.4) is 0 Å². The third-order valence-electron chi connectivity index (χ3n) is 4.83. The molecule has 0 spiro atoms. The molecule has 3 aromatic rings. The normalized spacial score (nSPS) is 16.2. The lowest BCUT2D eigenvalue weighted by molar-refractivity contribution is -0.117. The zero-order valence-corrected chi connectivity index (χ0v) is 15.1. The maximum absolute atomic E-state index is 13.4. The predicted octanol–water partition coefficient (Wildman–Crippen LogP) is 4.03. The molecular weight excluding hydrogens is 355 g/mol. The Morgan fingerprint density at radius 3 is 2.36 bits per heavy atom. The lowest BCUT2D eigenvalue weighted by Gasteiger charge is -2.17. The van der Waals surface area contributed by atoms with E-state index in [0.717, 1.165) is 11.1 Å². The van der Waals surface area contributed by atoms with Gasteiger partial charge in [-0.1, -0.05) is 48.5 Å². The van der Waals surface area contributed by atoms with Crippen LogP contribution in [0, 0.1) is 5.82 Å². The van der Waals surface area contributed by atoms with Gasteiger partial charge in [-0.15, -0.1) is 0 Å². The van der Waals surface area contributed by atoms with Crippen molar-refractivity contribution in [3.8, 4) is 11.1 Å². The molecule has 4 rings (SSSR count). The van der Waals surface area contributed by atoms with Crippen molar-refractivity contribution < 1.29 is 14.0 Å². The molecule has 28 heavy (non-hydrogen) atoms. The summed E-state index contributed by atoms with van der Waals surface area (Å²) in [7, 11) is 0. The smallest absolute Gasteiger partial charge is 0.251 e.